The number of carbonyl (C=O) groups excluding carboxylic acids is 1. The summed E-state index contributed by atoms with van der Waals surface area (Å²) >= 11 is 0. The van der Waals surface area contributed by atoms with Crippen LogP contribution in [0.5, 0.6) is 0 Å². The minimum atomic E-state index is -0.251. The highest BCUT2D eigenvalue weighted by Gasteiger charge is 2.39. The highest BCUT2D eigenvalue weighted by Crippen LogP contribution is 2.37. The second kappa shape index (κ2) is 7.81. The molecule has 1 saturated heterocycles. The van der Waals surface area contributed by atoms with E-state index in [1.165, 1.54) is 5.56 Å². The summed E-state index contributed by atoms with van der Waals surface area (Å²) < 4.78 is 0. The molecule has 0 bridgehead atoms. The van der Waals surface area contributed by atoms with Gasteiger partial charge in [0.15, 0.2) is 0 Å². The average Bonchev–Trinajstić information content (AvgIpc) is 3.07. The van der Waals surface area contributed by atoms with Crippen LogP contribution in [0.15, 0.2) is 60.7 Å². The Kier molecular flexibility index (Phi) is 5.51. The van der Waals surface area contributed by atoms with Gasteiger partial charge in [0.05, 0.1) is 0 Å². The van der Waals surface area contributed by atoms with Gasteiger partial charge in [-0.15, -0.1) is 0 Å². The summed E-state index contributed by atoms with van der Waals surface area (Å²) in [4.78, 5) is 16.9. The first-order chi connectivity index (χ1) is 12.1. The van der Waals surface area contributed by atoms with E-state index in [1.807, 2.05) is 50.5 Å². The van der Waals surface area contributed by atoms with E-state index in [4.69, 9.17) is 5.73 Å². The Bertz CT molecular complexity index is 687. The van der Waals surface area contributed by atoms with Gasteiger partial charge in [0.2, 0.25) is 5.91 Å². The van der Waals surface area contributed by atoms with Gasteiger partial charge in [0.1, 0.15) is 6.04 Å². The molecule has 1 aliphatic heterocycles. The fraction of sp³-hybridized carbons (Fsp3) is 0.381. The van der Waals surface area contributed by atoms with Crippen molar-refractivity contribution in [3.63, 3.8) is 0 Å². The molecule has 2 N–H and O–H groups in total. The van der Waals surface area contributed by atoms with Crippen molar-refractivity contribution in [2.24, 2.45) is 11.7 Å². The number of nitrogens with zero attached hydrogens (tertiary/aromatic N) is 2. The van der Waals surface area contributed by atoms with Crippen molar-refractivity contribution in [1.29, 1.82) is 0 Å². The van der Waals surface area contributed by atoms with E-state index < -0.39 is 0 Å². The molecule has 0 spiro atoms. The third kappa shape index (κ3) is 3.75. The van der Waals surface area contributed by atoms with Gasteiger partial charge < -0.3 is 10.6 Å². The van der Waals surface area contributed by atoms with Gasteiger partial charge in [-0.05, 0) is 23.6 Å². The molecular formula is C21H27N3O. The lowest BCUT2D eigenvalue weighted by Crippen LogP contribution is -2.39. The predicted octanol–water partition coefficient (Wildman–Crippen LogP) is 2.49. The molecule has 0 aromatic heterocycles. The number of likely N-dealkylation sites (tertiary alicyclic amines) is 1. The minimum absolute atomic E-state index is 0.121. The molecule has 2 aromatic rings. The third-order valence-corrected chi connectivity index (χ3v) is 5.15. The first kappa shape index (κ1) is 17.6. The lowest BCUT2D eigenvalue weighted by Gasteiger charge is -2.29. The van der Waals surface area contributed by atoms with Crippen LogP contribution >= 0.6 is 0 Å². The standard InChI is InChI=1S/C21H27N3O/c1-23(2)21(25)20(17-11-7-4-8-12-17)24-14-18(13-22)19(15-24)16-9-5-3-6-10-16/h3-12,18-20H,13-15,22H2,1-2H3/t18-,19+,20?/m1/s1. The van der Waals surface area contributed by atoms with Crippen LogP contribution in [0.4, 0.5) is 0 Å². The molecule has 4 heteroatoms. The molecule has 0 aliphatic carbocycles. The van der Waals surface area contributed by atoms with E-state index in [0.717, 1.165) is 18.7 Å². The molecule has 4 nitrogen and oxygen atoms in total. The van der Waals surface area contributed by atoms with E-state index >= 15 is 0 Å². The van der Waals surface area contributed by atoms with Gasteiger partial charge in [0, 0.05) is 33.1 Å². The molecule has 3 rings (SSSR count). The molecule has 1 amide bonds. The average molecular weight is 337 g/mol. The van der Waals surface area contributed by atoms with Crippen LogP contribution in [0.2, 0.25) is 0 Å². The third-order valence-electron chi connectivity index (χ3n) is 5.15. The summed E-state index contributed by atoms with van der Waals surface area (Å²) in [7, 11) is 3.65. The van der Waals surface area contributed by atoms with Crippen LogP contribution in [-0.2, 0) is 4.79 Å². The Balaban J connectivity index is 1.91. The first-order valence-electron chi connectivity index (χ1n) is 8.87. The van der Waals surface area contributed by atoms with Crippen LogP contribution in [0.3, 0.4) is 0 Å². The van der Waals surface area contributed by atoms with E-state index in [0.29, 0.717) is 18.4 Å². The molecule has 1 fully saturated rings. The maximum atomic E-state index is 12.9. The van der Waals surface area contributed by atoms with Gasteiger partial charge in [-0.2, -0.15) is 0 Å². The van der Waals surface area contributed by atoms with Crippen molar-refractivity contribution in [2.75, 3.05) is 33.7 Å². The number of rotatable bonds is 5. The Morgan fingerprint density at radius 2 is 1.68 bits per heavy atom. The van der Waals surface area contributed by atoms with E-state index in [1.54, 1.807) is 4.90 Å². The highest BCUT2D eigenvalue weighted by molar-refractivity contribution is 5.83. The fourth-order valence-corrected chi connectivity index (χ4v) is 3.82. The monoisotopic (exact) mass is 337 g/mol. The Morgan fingerprint density at radius 1 is 1.08 bits per heavy atom. The van der Waals surface area contributed by atoms with Crippen LogP contribution in [0, 0.1) is 5.92 Å². The van der Waals surface area contributed by atoms with Gasteiger partial charge in [0.25, 0.3) is 0 Å². The molecule has 1 unspecified atom stereocenters. The van der Waals surface area contributed by atoms with Gasteiger partial charge in [-0.25, -0.2) is 0 Å². The van der Waals surface area contributed by atoms with E-state index in [2.05, 4.69) is 29.2 Å². The summed E-state index contributed by atoms with van der Waals surface area (Å²) in [5, 5.41) is 0. The minimum Gasteiger partial charge on any atom is -0.347 e. The maximum Gasteiger partial charge on any atom is 0.244 e. The van der Waals surface area contributed by atoms with Gasteiger partial charge >= 0.3 is 0 Å². The number of benzene rings is 2. The van der Waals surface area contributed by atoms with E-state index in [9.17, 15) is 4.79 Å². The molecule has 3 atom stereocenters. The normalized spacial score (nSPS) is 21.9. The fourth-order valence-electron chi connectivity index (χ4n) is 3.82. The molecule has 1 aliphatic rings. The van der Waals surface area contributed by atoms with Crippen molar-refractivity contribution in [3.05, 3.63) is 71.8 Å². The topological polar surface area (TPSA) is 49.6 Å². The first-order valence-corrected chi connectivity index (χ1v) is 8.87. The molecule has 132 valence electrons. The zero-order chi connectivity index (χ0) is 17.8. The summed E-state index contributed by atoms with van der Waals surface area (Å²) in [6.07, 6.45) is 0. The van der Waals surface area contributed by atoms with E-state index in [-0.39, 0.29) is 11.9 Å². The smallest absolute Gasteiger partial charge is 0.244 e. The Hall–Kier alpha value is -2.17. The Labute approximate surface area is 150 Å². The lowest BCUT2D eigenvalue weighted by molar-refractivity contribution is -0.134. The van der Waals surface area contributed by atoms with Gasteiger partial charge in [-0.1, -0.05) is 60.7 Å². The highest BCUT2D eigenvalue weighted by atomic mass is 16.2. The number of hydrogen-bond acceptors (Lipinski definition) is 3. The quantitative estimate of drug-likeness (QED) is 0.912. The van der Waals surface area contributed by atoms with Crippen LogP contribution in [0.25, 0.3) is 0 Å². The second-order valence-electron chi connectivity index (χ2n) is 7.01. The molecule has 0 radical (unpaired) electrons. The summed E-state index contributed by atoms with van der Waals surface area (Å²) in [6.45, 7) is 2.33. The van der Waals surface area contributed by atoms with Gasteiger partial charge in [-0.3, -0.25) is 9.69 Å². The number of amides is 1. The molecular weight excluding hydrogens is 310 g/mol. The SMILES string of the molecule is CN(C)C(=O)C(c1ccccc1)N1C[C@@H](CN)[C@H](c2ccccc2)C1. The summed E-state index contributed by atoms with van der Waals surface area (Å²) in [5.74, 6) is 0.853. The van der Waals surface area contributed by atoms with Crippen LogP contribution in [-0.4, -0.2) is 49.4 Å². The second-order valence-corrected chi connectivity index (χ2v) is 7.01. The lowest BCUT2D eigenvalue weighted by atomic mass is 9.89. The number of hydrogen-bond donors (Lipinski definition) is 1. The zero-order valence-corrected chi connectivity index (χ0v) is 15.0. The van der Waals surface area contributed by atoms with Crippen molar-refractivity contribution in [3.8, 4) is 0 Å². The summed E-state index contributed by atoms with van der Waals surface area (Å²) in [6, 6.07) is 20.3. The Morgan fingerprint density at radius 3 is 2.24 bits per heavy atom. The summed E-state index contributed by atoms with van der Waals surface area (Å²) in [5.41, 5.74) is 8.43. The number of likely N-dealkylation sites (N-methyl/N-ethyl adjacent to an activating group) is 1. The van der Waals surface area contributed by atoms with Crippen molar-refractivity contribution in [1.82, 2.24) is 9.80 Å². The molecule has 25 heavy (non-hydrogen) atoms. The van der Waals surface area contributed by atoms with Crippen molar-refractivity contribution >= 4 is 5.91 Å². The van der Waals surface area contributed by atoms with Crippen LogP contribution in [0.1, 0.15) is 23.1 Å². The molecule has 2 aromatic carbocycles. The largest absolute Gasteiger partial charge is 0.347 e. The zero-order valence-electron chi connectivity index (χ0n) is 15.0. The molecule has 0 saturated carbocycles. The van der Waals surface area contributed by atoms with Crippen molar-refractivity contribution < 1.29 is 4.79 Å². The number of carbonyl (C=O) groups is 1. The van der Waals surface area contributed by atoms with Crippen LogP contribution < -0.4 is 5.73 Å². The maximum absolute atomic E-state index is 12.9. The predicted molar refractivity (Wildman–Crippen MR) is 101 cm³/mol. The number of nitrogens with two attached hydrogens (primary N) is 1. The molecule has 1 heterocycles. The van der Waals surface area contributed by atoms with Crippen molar-refractivity contribution in [2.45, 2.75) is 12.0 Å².